The second-order valence-corrected chi connectivity index (χ2v) is 9.97. The molecule has 29 heavy (non-hydrogen) atoms. The van der Waals surface area contributed by atoms with Crippen molar-refractivity contribution in [1.82, 2.24) is 0 Å². The fraction of sp³-hybridized carbons (Fsp3) is 0.100. The molecule has 0 aliphatic carbocycles. The lowest BCUT2D eigenvalue weighted by atomic mass is 10.1. The monoisotopic (exact) mass is 490 g/mol. The van der Waals surface area contributed by atoms with Gasteiger partial charge in [0.1, 0.15) is 6.07 Å². The molecule has 1 amide bonds. The molecule has 0 aliphatic heterocycles. The van der Waals surface area contributed by atoms with Gasteiger partial charge in [-0.2, -0.15) is 5.26 Å². The van der Waals surface area contributed by atoms with E-state index in [0.717, 1.165) is 21.4 Å². The molecule has 6 nitrogen and oxygen atoms in total. The van der Waals surface area contributed by atoms with Crippen LogP contribution in [0.2, 0.25) is 0 Å². The highest BCUT2D eigenvalue weighted by Crippen LogP contribution is 2.41. The van der Waals surface area contributed by atoms with Crippen LogP contribution in [0.5, 0.6) is 0 Å². The molecule has 0 saturated heterocycles. The van der Waals surface area contributed by atoms with Crippen molar-refractivity contribution in [3.8, 4) is 6.07 Å². The average Bonchev–Trinajstić information content (AvgIpc) is 3.13. The summed E-state index contributed by atoms with van der Waals surface area (Å²) in [5.74, 6) is -0.338. The Morgan fingerprint density at radius 2 is 1.86 bits per heavy atom. The van der Waals surface area contributed by atoms with E-state index in [-0.39, 0.29) is 12.5 Å². The molecular formula is C20H16BrN2O4PS. The molecule has 0 fully saturated rings. The van der Waals surface area contributed by atoms with Crippen molar-refractivity contribution >= 4 is 46.5 Å². The number of amides is 1. The third-order valence-electron chi connectivity index (χ3n) is 4.03. The Morgan fingerprint density at radius 1 is 1.14 bits per heavy atom. The van der Waals surface area contributed by atoms with E-state index in [4.69, 9.17) is 0 Å². The van der Waals surface area contributed by atoms with E-state index in [1.165, 1.54) is 4.90 Å². The molecule has 1 heterocycles. The molecule has 0 atom stereocenters. The normalized spacial score (nSPS) is 11.1. The SMILES string of the molecule is N#Cc1cc(Br)ccc1N(Cc1ccccc1)C(=O)c1ccc(CP(=O)(O)O)s1. The Kier molecular flexibility index (Phi) is 6.68. The molecular weight excluding hydrogens is 475 g/mol. The number of carbonyl (C=O) groups excluding carboxylic acids is 1. The third-order valence-corrected chi connectivity index (χ3v) is 6.57. The smallest absolute Gasteiger partial charge is 0.324 e. The van der Waals surface area contributed by atoms with Gasteiger partial charge in [-0.15, -0.1) is 11.3 Å². The van der Waals surface area contributed by atoms with Gasteiger partial charge in [0.25, 0.3) is 5.91 Å². The summed E-state index contributed by atoms with van der Waals surface area (Å²) >= 11 is 4.38. The lowest BCUT2D eigenvalue weighted by Crippen LogP contribution is -2.30. The number of carbonyl (C=O) groups is 1. The zero-order valence-corrected chi connectivity index (χ0v) is 18.3. The van der Waals surface area contributed by atoms with Gasteiger partial charge in [0.2, 0.25) is 0 Å². The Morgan fingerprint density at radius 3 is 2.52 bits per heavy atom. The fourth-order valence-corrected chi connectivity index (χ4v) is 5.17. The standard InChI is InChI=1S/C20H16BrN2O4PS/c21-16-6-8-18(15(10-16)11-22)23(12-14-4-2-1-3-5-14)20(24)19-9-7-17(29-19)13-28(25,26)27/h1-10H,12-13H2,(H2,25,26,27). The van der Waals surface area contributed by atoms with Crippen LogP contribution in [-0.4, -0.2) is 15.7 Å². The molecule has 3 rings (SSSR count). The predicted molar refractivity (Wildman–Crippen MR) is 116 cm³/mol. The molecule has 0 unspecified atom stereocenters. The summed E-state index contributed by atoms with van der Waals surface area (Å²) < 4.78 is 12.0. The van der Waals surface area contributed by atoms with Crippen molar-refractivity contribution in [3.63, 3.8) is 0 Å². The highest BCUT2D eigenvalue weighted by atomic mass is 79.9. The van der Waals surface area contributed by atoms with Crippen molar-refractivity contribution in [2.24, 2.45) is 0 Å². The number of rotatable bonds is 6. The van der Waals surface area contributed by atoms with E-state index >= 15 is 0 Å². The topological polar surface area (TPSA) is 102 Å². The van der Waals surface area contributed by atoms with Gasteiger partial charge in [0.05, 0.1) is 28.8 Å². The Bertz CT molecular complexity index is 1120. The molecule has 2 N–H and O–H groups in total. The van der Waals surface area contributed by atoms with E-state index in [2.05, 4.69) is 22.0 Å². The van der Waals surface area contributed by atoms with Crippen molar-refractivity contribution in [2.75, 3.05) is 4.90 Å². The molecule has 9 heteroatoms. The summed E-state index contributed by atoms with van der Waals surface area (Å²) in [7, 11) is -4.22. The molecule has 3 aromatic rings. The maximum atomic E-state index is 13.3. The number of hydrogen-bond acceptors (Lipinski definition) is 4. The molecule has 148 valence electrons. The van der Waals surface area contributed by atoms with Crippen LogP contribution in [0, 0.1) is 11.3 Å². The molecule has 0 bridgehead atoms. The van der Waals surface area contributed by atoms with Gasteiger partial charge < -0.3 is 14.7 Å². The minimum Gasteiger partial charge on any atom is -0.324 e. The summed E-state index contributed by atoms with van der Waals surface area (Å²) in [5, 5.41) is 9.55. The van der Waals surface area contributed by atoms with Crippen molar-refractivity contribution in [2.45, 2.75) is 12.7 Å². The highest BCUT2D eigenvalue weighted by Gasteiger charge is 2.24. The number of nitrogens with zero attached hydrogens (tertiary/aromatic N) is 2. The second kappa shape index (κ2) is 9.04. The van der Waals surface area contributed by atoms with E-state index in [1.54, 1.807) is 30.3 Å². The molecule has 0 saturated carbocycles. The quantitative estimate of drug-likeness (QED) is 0.478. The fourth-order valence-electron chi connectivity index (χ4n) is 2.78. The van der Waals surface area contributed by atoms with Crippen molar-refractivity contribution < 1.29 is 19.1 Å². The summed E-state index contributed by atoms with van der Waals surface area (Å²) in [6, 6.07) is 19.7. The predicted octanol–water partition coefficient (Wildman–Crippen LogP) is 4.91. The van der Waals surface area contributed by atoms with Crippen LogP contribution >= 0.6 is 34.9 Å². The van der Waals surface area contributed by atoms with Crippen molar-refractivity contribution in [3.05, 3.63) is 86.0 Å². The zero-order valence-electron chi connectivity index (χ0n) is 15.0. The van der Waals surface area contributed by atoms with Crippen LogP contribution in [0.3, 0.4) is 0 Å². The van der Waals surface area contributed by atoms with Gasteiger partial charge in [-0.1, -0.05) is 46.3 Å². The Hall–Kier alpha value is -2.27. The first-order valence-electron chi connectivity index (χ1n) is 8.45. The molecule has 1 aromatic heterocycles. The van der Waals surface area contributed by atoms with Gasteiger partial charge >= 0.3 is 7.60 Å². The van der Waals surface area contributed by atoms with E-state index < -0.39 is 13.8 Å². The summed E-state index contributed by atoms with van der Waals surface area (Å²) in [6.07, 6.45) is -0.411. The maximum Gasteiger partial charge on any atom is 0.330 e. The first-order valence-corrected chi connectivity index (χ1v) is 11.9. The Balaban J connectivity index is 2.00. The number of nitriles is 1. The number of benzene rings is 2. The molecule has 2 aromatic carbocycles. The first-order chi connectivity index (χ1) is 13.8. The number of thiophene rings is 1. The van der Waals surface area contributed by atoms with Crippen LogP contribution < -0.4 is 4.90 Å². The van der Waals surface area contributed by atoms with E-state index in [9.17, 15) is 24.4 Å². The molecule has 0 radical (unpaired) electrons. The van der Waals surface area contributed by atoms with Gasteiger partial charge in [-0.3, -0.25) is 9.36 Å². The van der Waals surface area contributed by atoms with E-state index in [1.807, 2.05) is 30.3 Å². The number of halogens is 1. The first kappa shape index (κ1) is 21.4. The summed E-state index contributed by atoms with van der Waals surface area (Å²) in [6.45, 7) is 0.252. The van der Waals surface area contributed by atoms with Crippen molar-refractivity contribution in [1.29, 1.82) is 5.26 Å². The highest BCUT2D eigenvalue weighted by molar-refractivity contribution is 9.10. The van der Waals surface area contributed by atoms with Gasteiger partial charge in [0.15, 0.2) is 0 Å². The second-order valence-electron chi connectivity index (χ2n) is 6.24. The third kappa shape index (κ3) is 5.63. The lowest BCUT2D eigenvalue weighted by molar-refractivity contribution is 0.0989. The van der Waals surface area contributed by atoms with E-state index in [0.29, 0.717) is 21.0 Å². The summed E-state index contributed by atoms with van der Waals surface area (Å²) in [5.41, 5.74) is 1.70. The maximum absolute atomic E-state index is 13.3. The molecule has 0 aliphatic rings. The molecule has 0 spiro atoms. The van der Waals surface area contributed by atoms with Crippen LogP contribution in [0.25, 0.3) is 0 Å². The minimum absolute atomic E-state index is 0.252. The largest absolute Gasteiger partial charge is 0.330 e. The van der Waals surface area contributed by atoms with Crippen LogP contribution in [0.1, 0.15) is 25.7 Å². The average molecular weight is 491 g/mol. The zero-order chi connectivity index (χ0) is 21.0. The van der Waals surface area contributed by atoms with Gasteiger partial charge in [0, 0.05) is 9.35 Å². The number of anilines is 1. The van der Waals surface area contributed by atoms with Crippen LogP contribution in [-0.2, 0) is 17.3 Å². The minimum atomic E-state index is -4.22. The van der Waals surface area contributed by atoms with Gasteiger partial charge in [-0.25, -0.2) is 0 Å². The number of hydrogen-bond donors (Lipinski definition) is 2. The lowest BCUT2D eigenvalue weighted by Gasteiger charge is -2.23. The summed E-state index contributed by atoms with van der Waals surface area (Å²) in [4.78, 5) is 33.9. The van der Waals surface area contributed by atoms with Crippen LogP contribution in [0.4, 0.5) is 5.69 Å². The Labute approximate surface area is 180 Å². The van der Waals surface area contributed by atoms with Gasteiger partial charge in [-0.05, 0) is 35.9 Å². The van der Waals surface area contributed by atoms with Crippen LogP contribution in [0.15, 0.2) is 65.1 Å².